The monoisotopic (exact) mass is 361 g/mol. The van der Waals surface area contributed by atoms with E-state index < -0.39 is 0 Å². The lowest BCUT2D eigenvalue weighted by molar-refractivity contribution is 0.789. The number of H-pyrrole nitrogens is 1. The first-order chi connectivity index (χ1) is 12.8. The van der Waals surface area contributed by atoms with Gasteiger partial charge in [-0.05, 0) is 30.8 Å². The summed E-state index contributed by atoms with van der Waals surface area (Å²) in [6.45, 7) is 3.05. The minimum Gasteiger partial charge on any atom is -0.347 e. The van der Waals surface area contributed by atoms with Crippen LogP contribution in [0.15, 0.2) is 65.9 Å². The molecule has 2 aromatic heterocycles. The normalized spacial score (nSPS) is 11.6. The number of benzene rings is 2. The number of aryl methyl sites for hydroxylation is 1. The number of nitrogens with zero attached hydrogens (tertiary/aromatic N) is 4. The van der Waals surface area contributed by atoms with Crippen molar-refractivity contribution in [2.75, 3.05) is 0 Å². The maximum atomic E-state index is 5.35. The van der Waals surface area contributed by atoms with Crippen molar-refractivity contribution in [1.29, 1.82) is 0 Å². The van der Waals surface area contributed by atoms with Gasteiger partial charge in [-0.2, -0.15) is 14.9 Å². The molecule has 0 fully saturated rings. The number of hydrogen-bond acceptors (Lipinski definition) is 3. The lowest BCUT2D eigenvalue weighted by Gasteiger charge is -2.01. The molecule has 0 unspecified atom stereocenters. The van der Waals surface area contributed by atoms with E-state index in [1.165, 1.54) is 16.5 Å². The van der Waals surface area contributed by atoms with Gasteiger partial charge in [0.15, 0.2) is 5.82 Å². The van der Waals surface area contributed by atoms with Crippen molar-refractivity contribution < 1.29 is 0 Å². The van der Waals surface area contributed by atoms with Crippen molar-refractivity contribution in [3.05, 3.63) is 82.5 Å². The van der Waals surface area contributed by atoms with Gasteiger partial charge in [-0.15, -0.1) is 0 Å². The Morgan fingerprint density at radius 3 is 2.69 bits per heavy atom. The smallest absolute Gasteiger partial charge is 0.216 e. The highest BCUT2D eigenvalue weighted by Crippen LogP contribution is 2.20. The Morgan fingerprint density at radius 2 is 1.88 bits per heavy atom. The van der Waals surface area contributed by atoms with Crippen LogP contribution >= 0.6 is 12.2 Å². The molecule has 0 amide bonds. The van der Waals surface area contributed by atoms with E-state index in [0.29, 0.717) is 11.2 Å². The summed E-state index contributed by atoms with van der Waals surface area (Å²) in [4.78, 5) is 0. The van der Waals surface area contributed by atoms with Gasteiger partial charge in [0.2, 0.25) is 4.77 Å². The summed E-state index contributed by atoms with van der Waals surface area (Å²) in [7, 11) is 0. The second-order valence-corrected chi connectivity index (χ2v) is 6.44. The van der Waals surface area contributed by atoms with Crippen molar-refractivity contribution >= 4 is 29.3 Å². The molecular weight excluding hydrogens is 342 g/mol. The molecule has 0 atom stereocenters. The van der Waals surface area contributed by atoms with E-state index in [1.807, 2.05) is 30.5 Å². The largest absolute Gasteiger partial charge is 0.347 e. The third-order valence-electron chi connectivity index (χ3n) is 4.39. The highest BCUT2D eigenvalue weighted by Gasteiger charge is 2.08. The predicted molar refractivity (Wildman–Crippen MR) is 107 cm³/mol. The Bertz CT molecular complexity index is 1120. The average Bonchev–Trinajstić information content (AvgIpc) is 3.21. The summed E-state index contributed by atoms with van der Waals surface area (Å²) in [5.41, 5.74) is 3.44. The Labute approximate surface area is 156 Å². The van der Waals surface area contributed by atoms with Crippen LogP contribution in [0.2, 0.25) is 0 Å². The fourth-order valence-corrected chi connectivity index (χ4v) is 3.29. The predicted octanol–water partition coefficient (Wildman–Crippen LogP) is 4.39. The van der Waals surface area contributed by atoms with E-state index in [-0.39, 0.29) is 0 Å². The van der Waals surface area contributed by atoms with Crippen LogP contribution in [0.3, 0.4) is 0 Å². The van der Waals surface area contributed by atoms with Crippen LogP contribution in [0.5, 0.6) is 0 Å². The van der Waals surface area contributed by atoms with Crippen molar-refractivity contribution in [2.45, 2.75) is 19.9 Å². The van der Waals surface area contributed by atoms with Crippen molar-refractivity contribution in [2.24, 2.45) is 5.10 Å². The third-order valence-corrected chi connectivity index (χ3v) is 4.66. The standard InChI is InChI=1S/C20H19N5S/c1-2-24-14-16(17-10-6-7-11-18(17)24)13-21-25-19(22-23-20(25)26)12-15-8-4-3-5-9-15/h3-11,13-14H,2,12H2,1H3,(H,23,26)/b21-13-. The molecule has 2 aromatic carbocycles. The molecule has 0 saturated heterocycles. The summed E-state index contributed by atoms with van der Waals surface area (Å²) in [5, 5.41) is 13.0. The van der Waals surface area contributed by atoms with E-state index in [9.17, 15) is 0 Å². The molecule has 5 nitrogen and oxygen atoms in total. The lowest BCUT2D eigenvalue weighted by Crippen LogP contribution is -2.00. The number of rotatable bonds is 5. The van der Waals surface area contributed by atoms with Gasteiger partial charge in [-0.1, -0.05) is 48.5 Å². The molecule has 0 aliphatic rings. The maximum Gasteiger partial charge on any atom is 0.216 e. The number of aromatic amines is 1. The summed E-state index contributed by atoms with van der Waals surface area (Å²) < 4.78 is 4.41. The number of nitrogens with one attached hydrogen (secondary N) is 1. The molecule has 2 heterocycles. The Hall–Kier alpha value is -2.99. The number of hydrogen-bond donors (Lipinski definition) is 1. The van der Waals surface area contributed by atoms with Crippen LogP contribution in [0.1, 0.15) is 23.9 Å². The molecule has 0 bridgehead atoms. The third kappa shape index (κ3) is 3.11. The molecule has 6 heteroatoms. The van der Waals surface area contributed by atoms with Crippen molar-refractivity contribution in [3.63, 3.8) is 0 Å². The van der Waals surface area contributed by atoms with Gasteiger partial charge in [0.25, 0.3) is 0 Å². The topological polar surface area (TPSA) is 50.9 Å². The highest BCUT2D eigenvalue weighted by atomic mass is 32.1. The van der Waals surface area contributed by atoms with Gasteiger partial charge >= 0.3 is 0 Å². The van der Waals surface area contributed by atoms with Crippen LogP contribution in [0.25, 0.3) is 10.9 Å². The van der Waals surface area contributed by atoms with Crippen molar-refractivity contribution in [3.8, 4) is 0 Å². The first kappa shape index (κ1) is 16.5. The van der Waals surface area contributed by atoms with Gasteiger partial charge in [0.05, 0.1) is 6.21 Å². The minimum atomic E-state index is 0.492. The zero-order valence-electron chi connectivity index (χ0n) is 14.5. The summed E-state index contributed by atoms with van der Waals surface area (Å²) in [6, 6.07) is 18.5. The Kier molecular flexibility index (Phi) is 4.50. The van der Waals surface area contributed by atoms with E-state index in [0.717, 1.165) is 17.9 Å². The lowest BCUT2D eigenvalue weighted by atomic mass is 10.1. The van der Waals surface area contributed by atoms with Crippen LogP contribution in [-0.4, -0.2) is 25.7 Å². The molecule has 0 saturated carbocycles. The number of fused-ring (bicyclic) bond motifs is 1. The van der Waals surface area contributed by atoms with Gasteiger partial charge in [-0.3, -0.25) is 5.10 Å². The molecule has 0 spiro atoms. The van der Waals surface area contributed by atoms with Gasteiger partial charge in [-0.25, -0.2) is 0 Å². The first-order valence-corrected chi connectivity index (χ1v) is 8.99. The van der Waals surface area contributed by atoms with E-state index >= 15 is 0 Å². The second-order valence-electron chi connectivity index (χ2n) is 6.05. The molecule has 4 aromatic rings. The molecule has 4 rings (SSSR count). The van der Waals surface area contributed by atoms with Gasteiger partial charge in [0.1, 0.15) is 0 Å². The zero-order chi connectivity index (χ0) is 17.9. The first-order valence-electron chi connectivity index (χ1n) is 8.58. The van der Waals surface area contributed by atoms with Gasteiger partial charge in [0, 0.05) is 35.6 Å². The molecule has 26 heavy (non-hydrogen) atoms. The van der Waals surface area contributed by atoms with Crippen LogP contribution < -0.4 is 0 Å². The summed E-state index contributed by atoms with van der Waals surface area (Å²) in [6.07, 6.45) is 4.64. The highest BCUT2D eigenvalue weighted by molar-refractivity contribution is 7.71. The fraction of sp³-hybridized carbons (Fsp3) is 0.150. The van der Waals surface area contributed by atoms with Crippen molar-refractivity contribution in [1.82, 2.24) is 19.4 Å². The van der Waals surface area contributed by atoms with E-state index in [1.54, 1.807) is 4.68 Å². The van der Waals surface area contributed by atoms with E-state index in [4.69, 9.17) is 12.2 Å². The van der Waals surface area contributed by atoms with Crippen LogP contribution in [-0.2, 0) is 13.0 Å². The van der Waals surface area contributed by atoms with E-state index in [2.05, 4.69) is 63.3 Å². The molecule has 1 N–H and O–H groups in total. The molecule has 0 radical (unpaired) electrons. The Balaban J connectivity index is 1.70. The van der Waals surface area contributed by atoms with Crippen LogP contribution in [0, 0.1) is 4.77 Å². The quantitative estimate of drug-likeness (QED) is 0.423. The minimum absolute atomic E-state index is 0.492. The molecule has 0 aliphatic heterocycles. The van der Waals surface area contributed by atoms with Crippen LogP contribution in [0.4, 0.5) is 0 Å². The zero-order valence-corrected chi connectivity index (χ0v) is 15.3. The fourth-order valence-electron chi connectivity index (χ4n) is 3.10. The number of aromatic nitrogens is 4. The SMILES string of the molecule is CCn1cc(/C=N\n2c(Cc3ccccc3)n[nH]c2=S)c2ccccc21. The number of para-hydroxylation sites is 1. The summed E-state index contributed by atoms with van der Waals surface area (Å²) >= 11 is 5.35. The Morgan fingerprint density at radius 1 is 1.12 bits per heavy atom. The second kappa shape index (κ2) is 7.09. The maximum absolute atomic E-state index is 5.35. The molecular formula is C20H19N5S. The molecule has 0 aliphatic carbocycles. The van der Waals surface area contributed by atoms with Gasteiger partial charge < -0.3 is 4.57 Å². The molecule has 130 valence electrons. The summed E-state index contributed by atoms with van der Waals surface area (Å²) in [5.74, 6) is 0.789. The average molecular weight is 361 g/mol.